The summed E-state index contributed by atoms with van der Waals surface area (Å²) >= 11 is 3.32. The number of hydrogen-bond acceptors (Lipinski definition) is 6. The van der Waals surface area contributed by atoms with E-state index >= 15 is 0 Å². The maximum Gasteiger partial charge on any atom is 0.339 e. The van der Waals surface area contributed by atoms with E-state index in [-0.39, 0.29) is 0 Å². The lowest BCUT2D eigenvalue weighted by atomic mass is 10.2. The van der Waals surface area contributed by atoms with Crippen LogP contribution in [0.5, 0.6) is 0 Å². The molecule has 8 heteroatoms. The van der Waals surface area contributed by atoms with Crippen molar-refractivity contribution in [2.45, 2.75) is 6.92 Å². The van der Waals surface area contributed by atoms with Gasteiger partial charge >= 0.3 is 5.97 Å². The van der Waals surface area contributed by atoms with Gasteiger partial charge in [0, 0.05) is 28.5 Å². The van der Waals surface area contributed by atoms with Crippen LogP contribution < -0.4 is 10.6 Å². The van der Waals surface area contributed by atoms with Crippen molar-refractivity contribution in [2.75, 3.05) is 24.3 Å². The highest BCUT2D eigenvalue weighted by molar-refractivity contribution is 9.10. The van der Waals surface area contributed by atoms with Gasteiger partial charge in [-0.15, -0.1) is 0 Å². The summed E-state index contributed by atoms with van der Waals surface area (Å²) in [5.74, 6) is -0.0821. The topological polar surface area (TPSA) is 76.1 Å². The summed E-state index contributed by atoms with van der Waals surface area (Å²) in [5, 5.41) is 6.18. The molecule has 0 bridgehead atoms. The van der Waals surface area contributed by atoms with Gasteiger partial charge in [0.25, 0.3) is 0 Å². The molecule has 146 valence electrons. The minimum Gasteiger partial charge on any atom is -0.465 e. The van der Waals surface area contributed by atoms with Crippen molar-refractivity contribution in [3.63, 3.8) is 0 Å². The number of aryl methyl sites for hydroxylation is 1. The first-order valence-electron chi connectivity index (χ1n) is 8.24. The zero-order chi connectivity index (χ0) is 20.7. The van der Waals surface area contributed by atoms with Gasteiger partial charge < -0.3 is 15.4 Å². The largest absolute Gasteiger partial charge is 0.465 e. The maximum absolute atomic E-state index is 13.0. The Morgan fingerprint density at radius 2 is 2.18 bits per heavy atom. The fraction of sp³-hybridized carbons (Fsp3) is 0.150. The standard InChI is InChI=1S/C20H20BrFN4O2/c1-5-14(8-13(3)22)11-23-18-12(2)10-24-20(26-18)25-15-6-7-17(21)16(9-15)19(27)28-4/h5-10H,1,3,11H2,2,4H3,(H2,23,24,25,26)/b14-8+. The molecule has 0 fully saturated rings. The molecular formula is C20H20BrFN4O2. The quantitative estimate of drug-likeness (QED) is 0.434. The molecule has 1 heterocycles. The van der Waals surface area contributed by atoms with Crippen molar-refractivity contribution in [3.8, 4) is 0 Å². The normalized spacial score (nSPS) is 10.9. The average Bonchev–Trinajstić information content (AvgIpc) is 2.67. The molecule has 0 aliphatic heterocycles. The van der Waals surface area contributed by atoms with Crippen LogP contribution in [0.2, 0.25) is 0 Å². The Kier molecular flexibility index (Phi) is 7.45. The smallest absolute Gasteiger partial charge is 0.339 e. The molecular weight excluding hydrogens is 427 g/mol. The number of anilines is 3. The molecule has 1 aromatic carbocycles. The van der Waals surface area contributed by atoms with Crippen molar-refractivity contribution in [1.82, 2.24) is 9.97 Å². The van der Waals surface area contributed by atoms with E-state index in [1.165, 1.54) is 13.2 Å². The Hall–Kier alpha value is -3.00. The van der Waals surface area contributed by atoms with E-state index in [4.69, 9.17) is 4.74 Å². The third kappa shape index (κ3) is 5.75. The van der Waals surface area contributed by atoms with Gasteiger partial charge in [-0.3, -0.25) is 0 Å². The average molecular weight is 447 g/mol. The Bertz CT molecular complexity index is 944. The van der Waals surface area contributed by atoms with Crippen LogP contribution >= 0.6 is 15.9 Å². The zero-order valence-corrected chi connectivity index (χ0v) is 17.1. The fourth-order valence-corrected chi connectivity index (χ4v) is 2.66. The van der Waals surface area contributed by atoms with Crippen LogP contribution in [0.25, 0.3) is 0 Å². The minimum absolute atomic E-state index is 0.328. The Morgan fingerprint density at radius 3 is 2.82 bits per heavy atom. The number of carbonyl (C=O) groups is 1. The first kappa shape index (κ1) is 21.3. The molecule has 0 unspecified atom stereocenters. The number of carbonyl (C=O) groups excluding carboxylic acids is 1. The van der Waals surface area contributed by atoms with Crippen LogP contribution in [0.3, 0.4) is 0 Å². The molecule has 28 heavy (non-hydrogen) atoms. The molecule has 2 rings (SSSR count). The van der Waals surface area contributed by atoms with Gasteiger partial charge in [-0.25, -0.2) is 14.2 Å². The first-order chi connectivity index (χ1) is 13.3. The second-order valence-electron chi connectivity index (χ2n) is 5.76. The molecule has 0 aliphatic carbocycles. The van der Waals surface area contributed by atoms with Crippen LogP contribution in [-0.4, -0.2) is 29.6 Å². The number of benzene rings is 1. The highest BCUT2D eigenvalue weighted by Crippen LogP contribution is 2.24. The summed E-state index contributed by atoms with van der Waals surface area (Å²) in [6.45, 7) is 9.06. The predicted molar refractivity (Wildman–Crippen MR) is 113 cm³/mol. The van der Waals surface area contributed by atoms with Gasteiger partial charge in [0.1, 0.15) is 11.6 Å². The minimum atomic E-state index is -0.546. The molecule has 0 radical (unpaired) electrons. The van der Waals surface area contributed by atoms with Crippen molar-refractivity contribution in [1.29, 1.82) is 0 Å². The molecule has 2 aromatic rings. The molecule has 0 aliphatic rings. The first-order valence-corrected chi connectivity index (χ1v) is 9.03. The van der Waals surface area contributed by atoms with Crippen molar-refractivity contribution in [2.24, 2.45) is 0 Å². The summed E-state index contributed by atoms with van der Waals surface area (Å²) in [5.41, 5.74) is 2.46. The van der Waals surface area contributed by atoms with E-state index in [1.807, 2.05) is 6.92 Å². The summed E-state index contributed by atoms with van der Waals surface area (Å²) in [6, 6.07) is 5.14. The van der Waals surface area contributed by atoms with E-state index in [1.54, 1.807) is 30.5 Å². The molecule has 0 atom stereocenters. The van der Waals surface area contributed by atoms with Crippen LogP contribution in [0, 0.1) is 6.92 Å². The number of ether oxygens (including phenoxy) is 1. The van der Waals surface area contributed by atoms with Gasteiger partial charge in [0.05, 0.1) is 12.7 Å². The highest BCUT2D eigenvalue weighted by Gasteiger charge is 2.12. The lowest BCUT2D eigenvalue weighted by Gasteiger charge is -2.12. The number of halogens is 2. The molecule has 0 amide bonds. The second-order valence-corrected chi connectivity index (χ2v) is 6.61. The SMILES string of the molecule is C=C/C(=C\C(=C)F)CNc1nc(Nc2ccc(Br)c(C(=O)OC)c2)ncc1C. The number of aromatic nitrogens is 2. The summed E-state index contributed by atoms with van der Waals surface area (Å²) in [7, 11) is 1.32. The van der Waals surface area contributed by atoms with E-state index < -0.39 is 11.8 Å². The van der Waals surface area contributed by atoms with Gasteiger partial charge in [0.2, 0.25) is 5.95 Å². The van der Waals surface area contributed by atoms with Crippen LogP contribution in [0.4, 0.5) is 21.8 Å². The van der Waals surface area contributed by atoms with E-state index in [9.17, 15) is 9.18 Å². The number of rotatable bonds is 8. The fourth-order valence-electron chi connectivity index (χ4n) is 2.25. The number of esters is 1. The molecule has 0 saturated heterocycles. The highest BCUT2D eigenvalue weighted by atomic mass is 79.9. The number of allylic oxidation sites excluding steroid dienone is 2. The Morgan fingerprint density at radius 1 is 1.43 bits per heavy atom. The zero-order valence-electron chi connectivity index (χ0n) is 15.6. The Labute approximate surface area is 171 Å². The van der Waals surface area contributed by atoms with E-state index in [0.717, 1.165) is 5.56 Å². The third-order valence-electron chi connectivity index (χ3n) is 3.66. The summed E-state index contributed by atoms with van der Waals surface area (Å²) in [4.78, 5) is 20.5. The number of nitrogens with one attached hydrogen (secondary N) is 2. The van der Waals surface area contributed by atoms with Crippen LogP contribution in [0.1, 0.15) is 15.9 Å². The van der Waals surface area contributed by atoms with Crippen molar-refractivity contribution < 1.29 is 13.9 Å². The molecule has 2 N–H and O–H groups in total. The van der Waals surface area contributed by atoms with E-state index in [0.29, 0.717) is 39.6 Å². The molecule has 0 saturated carbocycles. The molecule has 1 aromatic heterocycles. The van der Waals surface area contributed by atoms with Gasteiger partial charge in [0.15, 0.2) is 0 Å². The van der Waals surface area contributed by atoms with Crippen molar-refractivity contribution >= 4 is 39.4 Å². The summed E-state index contributed by atoms with van der Waals surface area (Å²) in [6.07, 6.45) is 4.50. The lowest BCUT2D eigenvalue weighted by molar-refractivity contribution is 0.0599. The third-order valence-corrected chi connectivity index (χ3v) is 4.36. The summed E-state index contributed by atoms with van der Waals surface area (Å²) < 4.78 is 18.4. The van der Waals surface area contributed by atoms with E-state index in [2.05, 4.69) is 49.7 Å². The van der Waals surface area contributed by atoms with Crippen LogP contribution in [-0.2, 0) is 4.74 Å². The van der Waals surface area contributed by atoms with Gasteiger partial charge in [-0.05, 0) is 52.7 Å². The maximum atomic E-state index is 13.0. The Balaban J connectivity index is 2.20. The van der Waals surface area contributed by atoms with Crippen molar-refractivity contribution in [3.05, 3.63) is 76.7 Å². The van der Waals surface area contributed by atoms with Crippen LogP contribution in [0.15, 0.2) is 65.6 Å². The number of methoxy groups -OCH3 is 1. The van der Waals surface area contributed by atoms with Gasteiger partial charge in [-0.1, -0.05) is 19.2 Å². The molecule has 0 spiro atoms. The molecule has 6 nitrogen and oxygen atoms in total. The number of nitrogens with zero attached hydrogens (tertiary/aromatic N) is 2. The second kappa shape index (κ2) is 9.80. The predicted octanol–water partition coefficient (Wildman–Crippen LogP) is 5.09. The lowest BCUT2D eigenvalue weighted by Crippen LogP contribution is -2.09. The monoisotopic (exact) mass is 446 g/mol. The number of hydrogen-bond donors (Lipinski definition) is 2. The van der Waals surface area contributed by atoms with Gasteiger partial charge in [-0.2, -0.15) is 4.98 Å².